The van der Waals surface area contributed by atoms with E-state index in [0.717, 1.165) is 7.11 Å². The zero-order valence-electron chi connectivity index (χ0n) is 21.2. The Hall–Kier alpha value is -3.25. The molecule has 16 nitrogen and oxygen atoms in total. The molecule has 0 amide bonds. The molecule has 39 heavy (non-hydrogen) atoms. The summed E-state index contributed by atoms with van der Waals surface area (Å²) in [5.74, 6) is -4.25. The van der Waals surface area contributed by atoms with Crippen LogP contribution in [0.2, 0.25) is 0 Å². The lowest BCUT2D eigenvalue weighted by molar-refractivity contribution is -0.397. The molecule has 3 aliphatic rings. The molecule has 0 radical (unpaired) electrons. The number of imidazole rings is 1. The topological polar surface area (TPSA) is 220 Å². The molecular weight excluding hydrogens is 522 g/mol. The Morgan fingerprint density at radius 1 is 1.28 bits per heavy atom. The van der Waals surface area contributed by atoms with Crippen molar-refractivity contribution < 1.29 is 53.3 Å². The molecule has 0 aliphatic carbocycles. The van der Waals surface area contributed by atoms with Crippen LogP contribution in [0.3, 0.4) is 0 Å². The first kappa shape index (κ1) is 27.3. The predicted molar refractivity (Wildman–Crippen MR) is 126 cm³/mol. The van der Waals surface area contributed by atoms with Gasteiger partial charge in [0.1, 0.15) is 36.3 Å². The number of esters is 2. The van der Waals surface area contributed by atoms with Gasteiger partial charge in [0.25, 0.3) is 0 Å². The maximum Gasteiger partial charge on any atom is 0.337 e. The quantitative estimate of drug-likeness (QED) is 0.224. The number of hydrogen-bond donors (Lipinski definition) is 4. The summed E-state index contributed by atoms with van der Waals surface area (Å²) >= 11 is 0. The van der Waals surface area contributed by atoms with Crippen molar-refractivity contribution in [1.82, 2.24) is 19.5 Å². The number of carbonyl (C=O) groups is 2. The third-order valence-electron chi connectivity index (χ3n) is 7.24. The number of fused-ring (bicyclic) bond motifs is 3. The highest BCUT2D eigenvalue weighted by molar-refractivity contribution is 5.89. The molecule has 0 spiro atoms. The minimum atomic E-state index is -2.44. The fourth-order valence-electron chi connectivity index (χ4n) is 5.24. The predicted octanol–water partition coefficient (Wildman–Crippen LogP) is -2.05. The van der Waals surface area contributed by atoms with E-state index in [4.69, 9.17) is 34.2 Å². The van der Waals surface area contributed by atoms with E-state index >= 15 is 0 Å². The highest BCUT2D eigenvalue weighted by Crippen LogP contribution is 2.47. The van der Waals surface area contributed by atoms with Gasteiger partial charge >= 0.3 is 11.9 Å². The second-order valence-electron chi connectivity index (χ2n) is 9.28. The van der Waals surface area contributed by atoms with Crippen LogP contribution in [0.25, 0.3) is 11.2 Å². The van der Waals surface area contributed by atoms with E-state index in [9.17, 15) is 24.9 Å². The molecule has 0 saturated carbocycles. The molecule has 212 valence electrons. The van der Waals surface area contributed by atoms with Gasteiger partial charge in [0.2, 0.25) is 5.79 Å². The van der Waals surface area contributed by atoms with E-state index in [0.29, 0.717) is 11.2 Å². The van der Waals surface area contributed by atoms with Crippen LogP contribution in [0.4, 0.5) is 5.82 Å². The van der Waals surface area contributed by atoms with Gasteiger partial charge in [-0.15, -0.1) is 0 Å². The molecule has 1 unspecified atom stereocenters. The monoisotopic (exact) mass is 551 g/mol. The molecule has 3 aliphatic heterocycles. The number of ether oxygens (including phenoxy) is 6. The van der Waals surface area contributed by atoms with Gasteiger partial charge in [-0.05, 0) is 6.92 Å². The summed E-state index contributed by atoms with van der Waals surface area (Å²) in [6.07, 6.45) is -6.01. The Labute approximate surface area is 221 Å². The molecule has 3 saturated heterocycles. The smallest absolute Gasteiger partial charge is 0.337 e. The minimum absolute atomic E-state index is 0.0496. The maximum absolute atomic E-state index is 12.7. The second kappa shape index (κ2) is 10.4. The molecular formula is C23H29N5O11. The Balaban J connectivity index is 1.50. The van der Waals surface area contributed by atoms with Gasteiger partial charge in [-0.25, -0.2) is 24.5 Å². The Bertz CT molecular complexity index is 1290. The van der Waals surface area contributed by atoms with E-state index in [1.165, 1.54) is 32.8 Å². The molecule has 5 heterocycles. The maximum atomic E-state index is 12.7. The van der Waals surface area contributed by atoms with E-state index in [1.54, 1.807) is 4.57 Å². The number of methoxy groups -OCH3 is 2. The Morgan fingerprint density at radius 2 is 2.05 bits per heavy atom. The third kappa shape index (κ3) is 4.33. The normalized spacial score (nSPS) is 36.3. The molecule has 16 heteroatoms. The summed E-state index contributed by atoms with van der Waals surface area (Å²) < 4.78 is 35.5. The zero-order chi connectivity index (χ0) is 28.1. The van der Waals surface area contributed by atoms with E-state index < -0.39 is 73.3 Å². The first-order valence-corrected chi connectivity index (χ1v) is 12.1. The van der Waals surface area contributed by atoms with Crippen LogP contribution in [-0.4, -0.2) is 116 Å². The molecule has 2 aromatic rings. The lowest BCUT2D eigenvalue weighted by Gasteiger charge is -2.52. The third-order valence-corrected chi connectivity index (χ3v) is 7.24. The lowest BCUT2D eigenvalue weighted by atomic mass is 9.84. The van der Waals surface area contributed by atoms with Crippen molar-refractivity contribution in [2.24, 2.45) is 0 Å². The number of rotatable bonds is 6. The highest BCUT2D eigenvalue weighted by atomic mass is 16.7. The van der Waals surface area contributed by atoms with Gasteiger partial charge in [-0.3, -0.25) is 4.57 Å². The number of nitrogens with zero attached hydrogens (tertiary/aromatic N) is 4. The van der Waals surface area contributed by atoms with Crippen molar-refractivity contribution in [3.63, 3.8) is 0 Å². The first-order chi connectivity index (χ1) is 18.7. The van der Waals surface area contributed by atoms with Gasteiger partial charge in [-0.1, -0.05) is 6.08 Å². The number of aliphatic hydroxyl groups excluding tert-OH is 2. The van der Waals surface area contributed by atoms with Gasteiger partial charge in [0.15, 0.2) is 29.9 Å². The van der Waals surface area contributed by atoms with Crippen LogP contribution in [-0.2, 0) is 38.0 Å². The number of aliphatic hydroxyl groups is 3. The summed E-state index contributed by atoms with van der Waals surface area (Å²) in [7, 11) is 2.51. The SMILES string of the molecule is C/C=C(\CO)C(=O)O[C@H]1[C@H](O)[C@@H](C(=O)OC)O[C@@H]2C[C@H]3OC(n4cnc5c(N)ncnc54)[C@H](OC)[C@H]3O[C@]21O. The van der Waals surface area contributed by atoms with E-state index in [-0.39, 0.29) is 17.8 Å². The summed E-state index contributed by atoms with van der Waals surface area (Å²) in [6.45, 7) is 0.845. The minimum Gasteiger partial charge on any atom is -0.467 e. The zero-order valence-corrected chi connectivity index (χ0v) is 21.2. The molecule has 0 bridgehead atoms. The van der Waals surface area contributed by atoms with Crippen molar-refractivity contribution in [3.8, 4) is 0 Å². The fourth-order valence-corrected chi connectivity index (χ4v) is 5.24. The van der Waals surface area contributed by atoms with Crippen LogP contribution in [0.15, 0.2) is 24.3 Å². The van der Waals surface area contributed by atoms with Crippen LogP contribution in [0.1, 0.15) is 19.6 Å². The van der Waals surface area contributed by atoms with Crippen molar-refractivity contribution in [2.75, 3.05) is 26.6 Å². The van der Waals surface area contributed by atoms with E-state index in [1.807, 2.05) is 0 Å². The number of nitrogen functional groups attached to an aromatic ring is 1. The lowest BCUT2D eigenvalue weighted by Crippen LogP contribution is -2.73. The van der Waals surface area contributed by atoms with Crippen LogP contribution >= 0.6 is 0 Å². The van der Waals surface area contributed by atoms with Crippen molar-refractivity contribution in [3.05, 3.63) is 24.3 Å². The van der Waals surface area contributed by atoms with Crippen LogP contribution in [0.5, 0.6) is 0 Å². The van der Waals surface area contributed by atoms with Gasteiger partial charge in [-0.2, -0.15) is 0 Å². The summed E-state index contributed by atoms with van der Waals surface area (Å²) in [6, 6.07) is 0. The molecule has 5 N–H and O–H groups in total. The van der Waals surface area contributed by atoms with Crippen molar-refractivity contribution in [1.29, 1.82) is 0 Å². The van der Waals surface area contributed by atoms with Crippen LogP contribution < -0.4 is 5.73 Å². The average molecular weight is 552 g/mol. The van der Waals surface area contributed by atoms with E-state index in [2.05, 4.69) is 15.0 Å². The summed E-state index contributed by atoms with van der Waals surface area (Å²) in [5, 5.41) is 32.3. The largest absolute Gasteiger partial charge is 0.467 e. The molecule has 2 aromatic heterocycles. The number of anilines is 1. The summed E-state index contributed by atoms with van der Waals surface area (Å²) in [5.41, 5.74) is 6.50. The number of aromatic nitrogens is 4. The standard InChI is InChI=1S/C23H29N5O11/c1-4-9(6-29)21(31)38-17-13(30)15(22(32)35-3)37-11-5-10-14(39-23(11,17)33)16(34-2)20(36-10)28-8-27-12-18(24)25-7-26-19(12)28/h4,7-8,10-11,13-17,20,29-30,33H,5-6H2,1-3H3,(H2,24,25,26)/b9-4+/t10-,11-,13-,14+,15+,16-,17+,20?,23-/m1/s1. The molecule has 3 fully saturated rings. The molecule has 9 atom stereocenters. The van der Waals surface area contributed by atoms with Gasteiger partial charge in [0, 0.05) is 13.5 Å². The first-order valence-electron chi connectivity index (χ1n) is 12.1. The Morgan fingerprint density at radius 3 is 2.72 bits per heavy atom. The van der Waals surface area contributed by atoms with Crippen molar-refractivity contribution >= 4 is 28.9 Å². The number of nitrogens with two attached hydrogens (primary N) is 1. The Kier molecular flexibility index (Phi) is 7.27. The molecule has 0 aromatic carbocycles. The number of hydrogen-bond acceptors (Lipinski definition) is 15. The number of carbonyl (C=O) groups excluding carboxylic acids is 2. The second-order valence-corrected chi connectivity index (χ2v) is 9.28. The average Bonchev–Trinajstić information content (AvgIpc) is 3.51. The molecule has 5 rings (SSSR count). The van der Waals surface area contributed by atoms with Gasteiger partial charge in [0.05, 0.1) is 31.7 Å². The van der Waals surface area contributed by atoms with Gasteiger partial charge < -0.3 is 49.5 Å². The fraction of sp³-hybridized carbons (Fsp3) is 0.609. The van der Waals surface area contributed by atoms with Crippen LogP contribution in [0, 0.1) is 0 Å². The highest BCUT2D eigenvalue weighted by Gasteiger charge is 2.67. The number of allylic oxidation sites excluding steroid dienone is 1. The summed E-state index contributed by atoms with van der Waals surface area (Å²) in [4.78, 5) is 37.6. The van der Waals surface area contributed by atoms with Crippen molar-refractivity contribution in [2.45, 2.75) is 68.1 Å².